The number of nitrogens with zero attached hydrogens (tertiary/aromatic N) is 2. The largest absolute Gasteiger partial charge is 0.348 e. The molecule has 3 aromatic rings. The highest BCUT2D eigenvalue weighted by atomic mass is 16.1. The fourth-order valence-electron chi connectivity index (χ4n) is 3.49. The van der Waals surface area contributed by atoms with E-state index in [0.717, 1.165) is 30.8 Å². The fraction of sp³-hybridized carbons (Fsp3) is 0.273. The first-order chi connectivity index (χ1) is 13.2. The summed E-state index contributed by atoms with van der Waals surface area (Å²) in [5, 5.41) is 11.3. The zero-order chi connectivity index (χ0) is 18.6. The first kappa shape index (κ1) is 17.5. The number of benzene rings is 2. The lowest BCUT2D eigenvalue weighted by atomic mass is 9.94. The molecule has 27 heavy (non-hydrogen) atoms. The minimum absolute atomic E-state index is 0.0726. The van der Waals surface area contributed by atoms with E-state index in [2.05, 4.69) is 17.6 Å². The average Bonchev–Trinajstić information content (AvgIpc) is 3.17. The second kappa shape index (κ2) is 7.76. The summed E-state index contributed by atoms with van der Waals surface area (Å²) < 4.78 is 1.78. The van der Waals surface area contributed by atoms with Crippen molar-refractivity contribution in [3.8, 4) is 16.9 Å². The number of carbonyl (C=O) groups excluding carboxylic acids is 1. The molecule has 5 heteroatoms. The van der Waals surface area contributed by atoms with Crippen LogP contribution in [0.4, 0.5) is 0 Å². The Morgan fingerprint density at radius 2 is 1.81 bits per heavy atom. The molecule has 0 spiro atoms. The van der Waals surface area contributed by atoms with Crippen molar-refractivity contribution in [1.82, 2.24) is 20.4 Å². The van der Waals surface area contributed by atoms with E-state index in [-0.39, 0.29) is 11.9 Å². The van der Waals surface area contributed by atoms with Gasteiger partial charge in [-0.1, -0.05) is 55.5 Å². The number of aromatic nitrogens is 2. The molecular weight excluding hydrogens is 336 g/mol. The first-order valence-corrected chi connectivity index (χ1v) is 9.44. The van der Waals surface area contributed by atoms with Crippen molar-refractivity contribution in [1.29, 1.82) is 0 Å². The molecule has 1 aromatic heterocycles. The molecule has 2 atom stereocenters. The summed E-state index contributed by atoms with van der Waals surface area (Å²) in [5.74, 6) is 0.385. The zero-order valence-electron chi connectivity index (χ0n) is 15.4. The van der Waals surface area contributed by atoms with Gasteiger partial charge in [0.15, 0.2) is 0 Å². The number of rotatable bonds is 4. The summed E-state index contributed by atoms with van der Waals surface area (Å²) in [6, 6.07) is 19.9. The highest BCUT2D eigenvalue weighted by Crippen LogP contribution is 2.24. The second-order valence-electron chi connectivity index (χ2n) is 7.09. The summed E-state index contributed by atoms with van der Waals surface area (Å²) in [7, 11) is 0. The van der Waals surface area contributed by atoms with Crippen LogP contribution in [0.2, 0.25) is 0 Å². The van der Waals surface area contributed by atoms with Gasteiger partial charge in [0.2, 0.25) is 0 Å². The van der Waals surface area contributed by atoms with Gasteiger partial charge in [0.1, 0.15) is 5.69 Å². The van der Waals surface area contributed by atoms with Crippen molar-refractivity contribution in [3.05, 3.63) is 72.4 Å². The number of nitrogens with one attached hydrogen (secondary N) is 2. The van der Waals surface area contributed by atoms with Gasteiger partial charge in [0.05, 0.1) is 11.3 Å². The van der Waals surface area contributed by atoms with Crippen LogP contribution in [0.5, 0.6) is 0 Å². The van der Waals surface area contributed by atoms with Gasteiger partial charge in [-0.2, -0.15) is 5.10 Å². The lowest BCUT2D eigenvalue weighted by Gasteiger charge is -2.30. The second-order valence-corrected chi connectivity index (χ2v) is 7.09. The maximum Gasteiger partial charge on any atom is 0.255 e. The van der Waals surface area contributed by atoms with Crippen molar-refractivity contribution in [3.63, 3.8) is 0 Å². The molecule has 0 bridgehead atoms. The highest BCUT2D eigenvalue weighted by molar-refractivity contribution is 6.00. The summed E-state index contributed by atoms with van der Waals surface area (Å²) in [5.41, 5.74) is 3.17. The van der Waals surface area contributed by atoms with E-state index in [1.807, 2.05) is 66.9 Å². The zero-order valence-corrected chi connectivity index (χ0v) is 15.4. The quantitative estimate of drug-likeness (QED) is 0.751. The van der Waals surface area contributed by atoms with Crippen molar-refractivity contribution in [2.45, 2.75) is 19.4 Å². The third-order valence-electron chi connectivity index (χ3n) is 5.17. The van der Waals surface area contributed by atoms with Gasteiger partial charge < -0.3 is 10.6 Å². The number of piperidine rings is 1. The number of para-hydroxylation sites is 1. The van der Waals surface area contributed by atoms with E-state index in [4.69, 9.17) is 5.10 Å². The van der Waals surface area contributed by atoms with Crippen molar-refractivity contribution in [2.24, 2.45) is 5.92 Å². The third-order valence-corrected chi connectivity index (χ3v) is 5.17. The van der Waals surface area contributed by atoms with Crippen LogP contribution < -0.4 is 10.6 Å². The van der Waals surface area contributed by atoms with E-state index >= 15 is 0 Å². The molecule has 138 valence electrons. The molecule has 4 rings (SSSR count). The Balaban J connectivity index is 1.69. The molecule has 1 aliphatic heterocycles. The topological polar surface area (TPSA) is 58.9 Å². The van der Waals surface area contributed by atoms with E-state index in [1.165, 1.54) is 0 Å². The molecule has 0 aliphatic carbocycles. The van der Waals surface area contributed by atoms with E-state index in [0.29, 0.717) is 17.2 Å². The Labute approximate surface area is 159 Å². The highest BCUT2D eigenvalue weighted by Gasteiger charge is 2.25. The molecule has 2 heterocycles. The lowest BCUT2D eigenvalue weighted by molar-refractivity contribution is 0.0916. The number of carbonyl (C=O) groups is 1. The Morgan fingerprint density at radius 1 is 1.11 bits per heavy atom. The molecule has 5 nitrogen and oxygen atoms in total. The minimum Gasteiger partial charge on any atom is -0.348 e. The van der Waals surface area contributed by atoms with Gasteiger partial charge in [0, 0.05) is 24.3 Å². The maximum absolute atomic E-state index is 13.1. The Hall–Kier alpha value is -2.92. The summed E-state index contributed by atoms with van der Waals surface area (Å²) in [6.07, 6.45) is 2.90. The summed E-state index contributed by atoms with van der Waals surface area (Å²) >= 11 is 0. The van der Waals surface area contributed by atoms with E-state index in [1.54, 1.807) is 4.68 Å². The third kappa shape index (κ3) is 3.78. The molecule has 1 aliphatic rings. The van der Waals surface area contributed by atoms with Crippen LogP contribution in [0, 0.1) is 5.92 Å². The predicted molar refractivity (Wildman–Crippen MR) is 107 cm³/mol. The normalized spacial score (nSPS) is 19.6. The Kier molecular flexibility index (Phi) is 5.03. The molecule has 2 unspecified atom stereocenters. The van der Waals surface area contributed by atoms with Crippen molar-refractivity contribution >= 4 is 5.91 Å². The molecule has 0 radical (unpaired) electrons. The summed E-state index contributed by atoms with van der Waals surface area (Å²) in [6.45, 7) is 4.01. The van der Waals surface area contributed by atoms with Crippen LogP contribution in [-0.2, 0) is 0 Å². The molecule has 1 amide bonds. The molecule has 0 saturated carbocycles. The van der Waals surface area contributed by atoms with Gasteiger partial charge in [-0.15, -0.1) is 0 Å². The van der Waals surface area contributed by atoms with Crippen LogP contribution in [0.15, 0.2) is 66.9 Å². The SMILES string of the molecule is CC1CCNCC1NC(=O)c1cn(-c2ccccc2)nc1-c1ccccc1. The van der Waals surface area contributed by atoms with Gasteiger partial charge in [0.25, 0.3) is 5.91 Å². The lowest BCUT2D eigenvalue weighted by Crippen LogP contribution is -2.50. The van der Waals surface area contributed by atoms with Crippen LogP contribution in [-0.4, -0.2) is 34.8 Å². The molecule has 2 N–H and O–H groups in total. The molecule has 2 aromatic carbocycles. The van der Waals surface area contributed by atoms with Gasteiger partial charge in [-0.3, -0.25) is 4.79 Å². The predicted octanol–water partition coefficient (Wildman–Crippen LogP) is 3.27. The van der Waals surface area contributed by atoms with Crippen LogP contribution in [0.1, 0.15) is 23.7 Å². The fourth-order valence-corrected chi connectivity index (χ4v) is 3.49. The molecular formula is C22H24N4O. The van der Waals surface area contributed by atoms with E-state index < -0.39 is 0 Å². The standard InChI is InChI=1S/C22H24N4O/c1-16-12-13-23-14-20(16)24-22(27)19-15-26(18-10-6-3-7-11-18)25-21(19)17-8-4-2-5-9-17/h2-11,15-16,20,23H,12-14H2,1H3,(H,24,27). The first-order valence-electron chi connectivity index (χ1n) is 9.44. The van der Waals surface area contributed by atoms with Crippen LogP contribution in [0.3, 0.4) is 0 Å². The average molecular weight is 360 g/mol. The van der Waals surface area contributed by atoms with Gasteiger partial charge in [-0.25, -0.2) is 4.68 Å². The Morgan fingerprint density at radius 3 is 2.52 bits per heavy atom. The number of amides is 1. The van der Waals surface area contributed by atoms with Crippen molar-refractivity contribution < 1.29 is 4.79 Å². The van der Waals surface area contributed by atoms with Crippen molar-refractivity contribution in [2.75, 3.05) is 13.1 Å². The Bertz CT molecular complexity index is 905. The molecule has 1 fully saturated rings. The maximum atomic E-state index is 13.1. The van der Waals surface area contributed by atoms with Crippen LogP contribution >= 0.6 is 0 Å². The smallest absolute Gasteiger partial charge is 0.255 e. The monoisotopic (exact) mass is 360 g/mol. The molecule has 1 saturated heterocycles. The van der Waals surface area contributed by atoms with Crippen LogP contribution in [0.25, 0.3) is 16.9 Å². The van der Waals surface area contributed by atoms with Gasteiger partial charge in [-0.05, 0) is 31.0 Å². The van der Waals surface area contributed by atoms with E-state index in [9.17, 15) is 4.79 Å². The summed E-state index contributed by atoms with van der Waals surface area (Å²) in [4.78, 5) is 13.1. The van der Waals surface area contributed by atoms with Gasteiger partial charge >= 0.3 is 0 Å². The number of hydrogen-bond donors (Lipinski definition) is 2. The minimum atomic E-state index is -0.0726. The number of hydrogen-bond acceptors (Lipinski definition) is 3.